The van der Waals surface area contributed by atoms with Crippen molar-refractivity contribution in [3.63, 3.8) is 0 Å². The van der Waals surface area contributed by atoms with Gasteiger partial charge in [-0.05, 0) is 31.5 Å². The molecule has 0 saturated carbocycles. The molecular formula is C10H14N2OS. The zero-order chi connectivity index (χ0) is 9.80. The van der Waals surface area contributed by atoms with Crippen LogP contribution in [0.25, 0.3) is 0 Å². The zero-order valence-electron chi connectivity index (χ0n) is 7.98. The standard InChI is InChI=1S/C10H14N2OS/c13-14(8-9-4-3-7-11-9)10-5-1-2-6-12-10/h1-2,5-6,9,11H,3-4,7-8H2/t9-,14-/m1/s1. The van der Waals surface area contributed by atoms with Gasteiger partial charge in [0.05, 0.1) is 10.8 Å². The van der Waals surface area contributed by atoms with Gasteiger partial charge in [-0.25, -0.2) is 4.98 Å². The van der Waals surface area contributed by atoms with Crippen molar-refractivity contribution < 1.29 is 4.21 Å². The Morgan fingerprint density at radius 3 is 3.14 bits per heavy atom. The summed E-state index contributed by atoms with van der Waals surface area (Å²) in [5, 5.41) is 4.03. The minimum atomic E-state index is -0.947. The Labute approximate surface area is 86.4 Å². The molecule has 1 aliphatic heterocycles. The van der Waals surface area contributed by atoms with Gasteiger partial charge in [0.15, 0.2) is 0 Å². The van der Waals surface area contributed by atoms with Crippen LogP contribution in [0.15, 0.2) is 29.4 Å². The fourth-order valence-corrected chi connectivity index (χ4v) is 2.88. The molecule has 0 bridgehead atoms. The van der Waals surface area contributed by atoms with Gasteiger partial charge in [0.25, 0.3) is 0 Å². The van der Waals surface area contributed by atoms with Crippen LogP contribution < -0.4 is 5.32 Å². The van der Waals surface area contributed by atoms with Crippen LogP contribution >= 0.6 is 0 Å². The predicted molar refractivity (Wildman–Crippen MR) is 56.5 cm³/mol. The number of nitrogens with one attached hydrogen (secondary N) is 1. The van der Waals surface area contributed by atoms with Crippen LogP contribution in [0.1, 0.15) is 12.8 Å². The fraction of sp³-hybridized carbons (Fsp3) is 0.500. The van der Waals surface area contributed by atoms with E-state index >= 15 is 0 Å². The Bertz CT molecular complexity index is 309. The maximum absolute atomic E-state index is 11.8. The van der Waals surface area contributed by atoms with Crippen molar-refractivity contribution in [1.29, 1.82) is 0 Å². The third kappa shape index (κ3) is 2.39. The van der Waals surface area contributed by atoms with E-state index in [1.54, 1.807) is 6.20 Å². The maximum atomic E-state index is 11.8. The molecule has 1 fully saturated rings. The summed E-state index contributed by atoms with van der Waals surface area (Å²) in [6, 6.07) is 5.96. The molecule has 4 heteroatoms. The first-order valence-corrected chi connectivity index (χ1v) is 6.21. The molecule has 2 rings (SSSR count). The lowest BCUT2D eigenvalue weighted by molar-refractivity contribution is 0.641. The fourth-order valence-electron chi connectivity index (χ4n) is 1.65. The molecule has 1 aromatic rings. The van der Waals surface area contributed by atoms with Gasteiger partial charge in [-0.1, -0.05) is 6.07 Å². The Morgan fingerprint density at radius 2 is 2.50 bits per heavy atom. The molecule has 0 unspecified atom stereocenters. The van der Waals surface area contributed by atoms with Gasteiger partial charge >= 0.3 is 0 Å². The van der Waals surface area contributed by atoms with Crippen LogP contribution in [0.2, 0.25) is 0 Å². The van der Waals surface area contributed by atoms with E-state index in [1.165, 1.54) is 6.42 Å². The Balaban J connectivity index is 1.95. The van der Waals surface area contributed by atoms with E-state index in [0.717, 1.165) is 13.0 Å². The number of pyridine rings is 1. The van der Waals surface area contributed by atoms with Crippen molar-refractivity contribution in [2.75, 3.05) is 12.3 Å². The Kier molecular flexibility index (Phi) is 3.26. The first-order valence-electron chi connectivity index (χ1n) is 4.89. The van der Waals surface area contributed by atoms with Gasteiger partial charge in [-0.2, -0.15) is 0 Å². The molecule has 1 N–H and O–H groups in total. The van der Waals surface area contributed by atoms with Crippen molar-refractivity contribution >= 4 is 10.8 Å². The quantitative estimate of drug-likeness (QED) is 0.807. The van der Waals surface area contributed by atoms with Crippen molar-refractivity contribution in [3.8, 4) is 0 Å². The van der Waals surface area contributed by atoms with Crippen LogP contribution in [0, 0.1) is 0 Å². The van der Waals surface area contributed by atoms with E-state index in [9.17, 15) is 4.21 Å². The number of aromatic nitrogens is 1. The molecule has 1 saturated heterocycles. The van der Waals surface area contributed by atoms with Crippen LogP contribution in [-0.2, 0) is 10.8 Å². The molecule has 0 aliphatic carbocycles. The summed E-state index contributed by atoms with van der Waals surface area (Å²) in [7, 11) is -0.947. The topological polar surface area (TPSA) is 42.0 Å². The third-order valence-electron chi connectivity index (χ3n) is 2.39. The molecule has 1 aliphatic rings. The summed E-state index contributed by atoms with van der Waals surface area (Å²) in [6.45, 7) is 1.06. The minimum Gasteiger partial charge on any atom is -0.313 e. The van der Waals surface area contributed by atoms with Gasteiger partial charge in [-0.15, -0.1) is 0 Å². The lowest BCUT2D eigenvalue weighted by Gasteiger charge is -2.08. The molecular weight excluding hydrogens is 196 g/mol. The summed E-state index contributed by atoms with van der Waals surface area (Å²) in [5.74, 6) is 0.691. The summed E-state index contributed by atoms with van der Waals surface area (Å²) < 4.78 is 11.8. The van der Waals surface area contributed by atoms with Crippen molar-refractivity contribution in [3.05, 3.63) is 24.4 Å². The largest absolute Gasteiger partial charge is 0.313 e. The molecule has 0 spiro atoms. The van der Waals surface area contributed by atoms with E-state index in [0.29, 0.717) is 16.8 Å². The summed E-state index contributed by atoms with van der Waals surface area (Å²) >= 11 is 0. The van der Waals surface area contributed by atoms with Crippen LogP contribution in [-0.4, -0.2) is 27.5 Å². The lowest BCUT2D eigenvalue weighted by Crippen LogP contribution is -2.27. The molecule has 0 aromatic carbocycles. The SMILES string of the molecule is O=[S@](C[C@H]1CCCN1)c1ccccn1. The molecule has 14 heavy (non-hydrogen) atoms. The monoisotopic (exact) mass is 210 g/mol. The third-order valence-corrected chi connectivity index (χ3v) is 3.80. The Hall–Kier alpha value is -0.740. The van der Waals surface area contributed by atoms with Gasteiger partial charge in [0, 0.05) is 18.0 Å². The highest BCUT2D eigenvalue weighted by molar-refractivity contribution is 7.85. The van der Waals surface area contributed by atoms with E-state index in [2.05, 4.69) is 10.3 Å². The molecule has 0 amide bonds. The molecule has 3 nitrogen and oxygen atoms in total. The van der Waals surface area contributed by atoms with E-state index in [4.69, 9.17) is 0 Å². The molecule has 1 aromatic heterocycles. The average Bonchev–Trinajstić information content (AvgIpc) is 2.72. The van der Waals surface area contributed by atoms with Crippen LogP contribution in [0.4, 0.5) is 0 Å². The van der Waals surface area contributed by atoms with Crippen molar-refractivity contribution in [2.24, 2.45) is 0 Å². The second-order valence-corrected chi connectivity index (χ2v) is 4.92. The van der Waals surface area contributed by atoms with Gasteiger partial charge in [0.1, 0.15) is 5.03 Å². The molecule has 2 heterocycles. The van der Waals surface area contributed by atoms with E-state index < -0.39 is 10.8 Å². The number of rotatable bonds is 3. The highest BCUT2D eigenvalue weighted by Gasteiger charge is 2.17. The molecule has 0 radical (unpaired) electrons. The minimum absolute atomic E-state index is 0.415. The lowest BCUT2D eigenvalue weighted by atomic mass is 10.3. The summed E-state index contributed by atoms with van der Waals surface area (Å²) in [6.07, 6.45) is 4.03. The van der Waals surface area contributed by atoms with Gasteiger partial charge < -0.3 is 5.32 Å². The molecule has 2 atom stereocenters. The highest BCUT2D eigenvalue weighted by Crippen LogP contribution is 2.09. The number of hydrogen-bond donors (Lipinski definition) is 1. The first kappa shape index (κ1) is 9.80. The molecule has 76 valence electrons. The van der Waals surface area contributed by atoms with Crippen LogP contribution in [0.3, 0.4) is 0 Å². The first-order chi connectivity index (χ1) is 6.86. The average molecular weight is 210 g/mol. The Morgan fingerprint density at radius 1 is 1.57 bits per heavy atom. The van der Waals surface area contributed by atoms with Gasteiger partial charge in [0.2, 0.25) is 0 Å². The highest BCUT2D eigenvalue weighted by atomic mass is 32.2. The number of nitrogens with zero attached hydrogens (tertiary/aromatic N) is 1. The van der Waals surface area contributed by atoms with E-state index in [-0.39, 0.29) is 0 Å². The van der Waals surface area contributed by atoms with Crippen molar-refractivity contribution in [1.82, 2.24) is 10.3 Å². The normalized spacial score (nSPS) is 23.6. The van der Waals surface area contributed by atoms with Gasteiger partial charge in [-0.3, -0.25) is 4.21 Å². The smallest absolute Gasteiger partial charge is 0.127 e. The second kappa shape index (κ2) is 4.66. The predicted octanol–water partition coefficient (Wildman–Crippen LogP) is 0.941. The summed E-state index contributed by atoms with van der Waals surface area (Å²) in [4.78, 5) is 4.09. The zero-order valence-corrected chi connectivity index (χ0v) is 8.80. The van der Waals surface area contributed by atoms with E-state index in [1.807, 2.05) is 18.2 Å². The number of hydrogen-bond acceptors (Lipinski definition) is 3. The maximum Gasteiger partial charge on any atom is 0.127 e. The summed E-state index contributed by atoms with van der Waals surface area (Å²) in [5.41, 5.74) is 0. The van der Waals surface area contributed by atoms with Crippen LogP contribution in [0.5, 0.6) is 0 Å². The van der Waals surface area contributed by atoms with Crippen molar-refractivity contribution in [2.45, 2.75) is 23.9 Å². The second-order valence-electron chi connectivity index (χ2n) is 3.47.